The molecule has 5 nitrogen and oxygen atoms in total. The number of carbonyl (C=O) groups excluding carboxylic acids is 1. The summed E-state index contributed by atoms with van der Waals surface area (Å²) in [6.45, 7) is 18.6. The number of hydrogen-bond donors (Lipinski definition) is 0. The fourth-order valence-electron chi connectivity index (χ4n) is 2.86. The number of ether oxygens (including phenoxy) is 1. The monoisotopic (exact) mass is 430 g/mol. The average molecular weight is 431 g/mol. The lowest BCUT2D eigenvalue weighted by atomic mass is 10.1. The van der Waals surface area contributed by atoms with Gasteiger partial charge in [0.15, 0.2) is 8.32 Å². The van der Waals surface area contributed by atoms with E-state index in [0.717, 1.165) is 36.2 Å². The zero-order valence-corrected chi connectivity index (χ0v) is 21.1. The standard InChI is InChI=1S/C24H38N2O3Si/c1-23(2,3)29-22(27)19-13-14-25-21-12-11-18(17-20(19)21)26(7)15-10-16-28-30(8,9)24(4,5)6/h11-14,17H,10,15-16H2,1-9H3. The highest BCUT2D eigenvalue weighted by Gasteiger charge is 2.36. The lowest BCUT2D eigenvalue weighted by molar-refractivity contribution is 0.00717. The van der Waals surface area contributed by atoms with E-state index in [1.54, 1.807) is 12.3 Å². The van der Waals surface area contributed by atoms with E-state index in [0.29, 0.717) is 5.56 Å². The number of anilines is 1. The lowest BCUT2D eigenvalue weighted by Gasteiger charge is -2.36. The molecule has 0 radical (unpaired) electrons. The molecule has 0 aliphatic rings. The van der Waals surface area contributed by atoms with Crippen molar-refractivity contribution in [1.29, 1.82) is 0 Å². The number of benzene rings is 1. The normalized spacial score (nSPS) is 12.8. The van der Waals surface area contributed by atoms with Crippen LogP contribution in [0.1, 0.15) is 58.3 Å². The predicted molar refractivity (Wildman–Crippen MR) is 128 cm³/mol. The molecule has 6 heteroatoms. The van der Waals surface area contributed by atoms with Crippen molar-refractivity contribution in [3.05, 3.63) is 36.0 Å². The first-order valence-electron chi connectivity index (χ1n) is 10.7. The first-order valence-corrected chi connectivity index (χ1v) is 13.6. The van der Waals surface area contributed by atoms with Gasteiger partial charge in [0.1, 0.15) is 5.60 Å². The van der Waals surface area contributed by atoms with Crippen LogP contribution < -0.4 is 4.90 Å². The molecular weight excluding hydrogens is 392 g/mol. The van der Waals surface area contributed by atoms with Gasteiger partial charge in [-0.3, -0.25) is 4.98 Å². The van der Waals surface area contributed by atoms with E-state index >= 15 is 0 Å². The van der Waals surface area contributed by atoms with Gasteiger partial charge in [-0.2, -0.15) is 0 Å². The van der Waals surface area contributed by atoms with Gasteiger partial charge in [0.05, 0.1) is 11.1 Å². The molecule has 0 spiro atoms. The van der Waals surface area contributed by atoms with Crippen LogP contribution in [-0.2, 0) is 9.16 Å². The van der Waals surface area contributed by atoms with Gasteiger partial charge in [-0.05, 0) is 69.6 Å². The Hall–Kier alpha value is -1.92. The second-order valence-electron chi connectivity index (χ2n) is 10.4. The molecule has 2 aromatic rings. The molecule has 0 unspecified atom stereocenters. The van der Waals surface area contributed by atoms with Gasteiger partial charge in [0, 0.05) is 37.5 Å². The Morgan fingerprint density at radius 1 is 1.10 bits per heavy atom. The zero-order chi connectivity index (χ0) is 22.7. The summed E-state index contributed by atoms with van der Waals surface area (Å²) in [6.07, 6.45) is 2.61. The van der Waals surface area contributed by atoms with E-state index in [1.165, 1.54) is 0 Å². The summed E-state index contributed by atoms with van der Waals surface area (Å²) in [5.41, 5.74) is 1.85. The maximum Gasteiger partial charge on any atom is 0.339 e. The van der Waals surface area contributed by atoms with Gasteiger partial charge in [0.25, 0.3) is 0 Å². The summed E-state index contributed by atoms with van der Waals surface area (Å²) < 4.78 is 11.9. The lowest BCUT2D eigenvalue weighted by Crippen LogP contribution is -2.41. The number of pyridine rings is 1. The predicted octanol–water partition coefficient (Wildman–Crippen LogP) is 6.04. The van der Waals surface area contributed by atoms with Crippen LogP contribution >= 0.6 is 0 Å². The third kappa shape index (κ3) is 6.29. The Morgan fingerprint density at radius 3 is 2.37 bits per heavy atom. The van der Waals surface area contributed by atoms with Crippen molar-refractivity contribution in [3.8, 4) is 0 Å². The largest absolute Gasteiger partial charge is 0.456 e. The molecule has 0 bridgehead atoms. The van der Waals surface area contributed by atoms with Crippen molar-refractivity contribution < 1.29 is 14.0 Å². The molecule has 0 amide bonds. The third-order valence-electron chi connectivity index (χ3n) is 5.69. The van der Waals surface area contributed by atoms with Crippen molar-refractivity contribution >= 4 is 30.9 Å². The molecule has 0 atom stereocenters. The molecule has 166 valence electrons. The van der Waals surface area contributed by atoms with Crippen molar-refractivity contribution in [2.75, 3.05) is 25.1 Å². The number of fused-ring (bicyclic) bond motifs is 1. The Balaban J connectivity index is 2.11. The molecule has 1 heterocycles. The van der Waals surface area contributed by atoms with Crippen LogP contribution in [0, 0.1) is 0 Å². The van der Waals surface area contributed by atoms with Gasteiger partial charge >= 0.3 is 5.97 Å². The van der Waals surface area contributed by atoms with Gasteiger partial charge in [-0.1, -0.05) is 20.8 Å². The summed E-state index contributed by atoms with van der Waals surface area (Å²) >= 11 is 0. The fraction of sp³-hybridized carbons (Fsp3) is 0.583. The number of nitrogens with zero attached hydrogens (tertiary/aromatic N) is 2. The fourth-order valence-corrected chi connectivity index (χ4v) is 3.95. The van der Waals surface area contributed by atoms with E-state index < -0.39 is 13.9 Å². The average Bonchev–Trinajstić information content (AvgIpc) is 2.61. The number of rotatable bonds is 7. The highest BCUT2D eigenvalue weighted by molar-refractivity contribution is 6.74. The van der Waals surface area contributed by atoms with Crippen LogP contribution in [0.4, 0.5) is 5.69 Å². The third-order valence-corrected chi connectivity index (χ3v) is 10.2. The molecule has 30 heavy (non-hydrogen) atoms. The van der Waals surface area contributed by atoms with Crippen molar-refractivity contribution in [2.24, 2.45) is 0 Å². The van der Waals surface area contributed by atoms with Crippen LogP contribution in [0.25, 0.3) is 10.9 Å². The minimum absolute atomic E-state index is 0.225. The minimum atomic E-state index is -1.71. The maximum atomic E-state index is 12.7. The second-order valence-corrected chi connectivity index (χ2v) is 15.3. The molecule has 0 aliphatic heterocycles. The highest BCUT2D eigenvalue weighted by Crippen LogP contribution is 2.36. The number of carbonyl (C=O) groups is 1. The number of esters is 1. The quantitative estimate of drug-likeness (QED) is 0.304. The molecule has 0 fully saturated rings. The summed E-state index contributed by atoms with van der Waals surface area (Å²) in [4.78, 5) is 19.3. The van der Waals surface area contributed by atoms with Crippen LogP contribution in [0.15, 0.2) is 30.5 Å². The van der Waals surface area contributed by atoms with E-state index in [1.807, 2.05) is 39.0 Å². The van der Waals surface area contributed by atoms with E-state index in [-0.39, 0.29) is 11.0 Å². The van der Waals surface area contributed by atoms with Crippen molar-refractivity contribution in [2.45, 2.75) is 71.7 Å². The number of aromatic nitrogens is 1. The zero-order valence-electron chi connectivity index (χ0n) is 20.1. The van der Waals surface area contributed by atoms with Gasteiger partial charge in [-0.15, -0.1) is 0 Å². The molecule has 1 aromatic heterocycles. The number of hydrogen-bond acceptors (Lipinski definition) is 5. The van der Waals surface area contributed by atoms with E-state index in [4.69, 9.17) is 9.16 Å². The molecule has 0 saturated heterocycles. The van der Waals surface area contributed by atoms with Crippen molar-refractivity contribution in [3.63, 3.8) is 0 Å². The van der Waals surface area contributed by atoms with Crippen molar-refractivity contribution in [1.82, 2.24) is 4.98 Å². The maximum absolute atomic E-state index is 12.7. The molecular formula is C24H38N2O3Si. The van der Waals surface area contributed by atoms with Crippen LogP contribution in [0.5, 0.6) is 0 Å². The van der Waals surface area contributed by atoms with Crippen LogP contribution in [-0.4, -0.2) is 45.1 Å². The van der Waals surface area contributed by atoms with Gasteiger partial charge in [0.2, 0.25) is 0 Å². The Bertz CT molecular complexity index is 882. The summed E-state index contributed by atoms with van der Waals surface area (Å²) in [5, 5.41) is 1.04. The first kappa shape index (κ1) is 24.3. The Morgan fingerprint density at radius 2 is 1.77 bits per heavy atom. The summed E-state index contributed by atoms with van der Waals surface area (Å²) in [7, 11) is 0.356. The van der Waals surface area contributed by atoms with Gasteiger partial charge in [-0.25, -0.2) is 4.79 Å². The summed E-state index contributed by atoms with van der Waals surface area (Å²) in [5.74, 6) is -0.322. The van der Waals surface area contributed by atoms with Gasteiger partial charge < -0.3 is 14.1 Å². The van der Waals surface area contributed by atoms with Crippen LogP contribution in [0.3, 0.4) is 0 Å². The second kappa shape index (κ2) is 9.06. The molecule has 0 aliphatic carbocycles. The van der Waals surface area contributed by atoms with E-state index in [9.17, 15) is 4.79 Å². The smallest absolute Gasteiger partial charge is 0.339 e. The van der Waals surface area contributed by atoms with E-state index in [2.05, 4.69) is 50.8 Å². The minimum Gasteiger partial charge on any atom is -0.456 e. The molecule has 0 N–H and O–H groups in total. The highest BCUT2D eigenvalue weighted by atomic mass is 28.4. The van der Waals surface area contributed by atoms with Crippen LogP contribution in [0.2, 0.25) is 18.1 Å². The topological polar surface area (TPSA) is 51.7 Å². The molecule has 0 saturated carbocycles. The first-order chi connectivity index (χ1) is 13.7. The Kier molecular flexibility index (Phi) is 7.35. The molecule has 1 aromatic carbocycles. The SMILES string of the molecule is CN(CCCO[Si](C)(C)C(C)(C)C)c1ccc2nccc(C(=O)OC(C)(C)C)c2c1. The Labute approximate surface area is 182 Å². The summed E-state index contributed by atoms with van der Waals surface area (Å²) in [6, 6.07) is 7.76. The molecule has 2 rings (SSSR count).